The third kappa shape index (κ3) is 2.20. The minimum Gasteiger partial charge on any atom is -0.393 e. The number of aliphatic hydroxyl groups excluding tert-OH is 1. The molecule has 0 spiro atoms. The number of fused-ring (bicyclic) bond motifs is 5. The van der Waals surface area contributed by atoms with Crippen molar-refractivity contribution in [2.45, 2.75) is 85.2 Å². The molecule has 0 radical (unpaired) electrons. The first-order valence-corrected chi connectivity index (χ1v) is 10.5. The fraction of sp³-hybridized carbons (Fsp3) is 0.955. The zero-order valence-electron chi connectivity index (χ0n) is 16.1. The number of rotatable bonds is 1. The summed E-state index contributed by atoms with van der Waals surface area (Å²) >= 11 is 0. The molecule has 4 fully saturated rings. The number of aliphatic hydroxyl groups is 1. The van der Waals surface area contributed by atoms with Crippen LogP contribution in [0.25, 0.3) is 0 Å². The van der Waals surface area contributed by atoms with Crippen molar-refractivity contribution in [2.24, 2.45) is 46.3 Å². The molecule has 2 nitrogen and oxygen atoms in total. The Kier molecular flexibility index (Phi) is 3.95. The summed E-state index contributed by atoms with van der Waals surface area (Å²) in [4.78, 5) is 12.2. The molecule has 2 heteroatoms. The second-order valence-corrected chi connectivity index (χ2v) is 10.4. The van der Waals surface area contributed by atoms with Crippen molar-refractivity contribution in [1.82, 2.24) is 0 Å². The number of carbonyl (C=O) groups is 1. The Morgan fingerprint density at radius 2 is 1.58 bits per heavy atom. The summed E-state index contributed by atoms with van der Waals surface area (Å²) in [6, 6.07) is 0. The smallest absolute Gasteiger partial charge is 0.133 e. The lowest BCUT2D eigenvalue weighted by Gasteiger charge is -2.62. The lowest BCUT2D eigenvalue weighted by Crippen LogP contribution is -2.56. The van der Waals surface area contributed by atoms with E-state index in [4.69, 9.17) is 0 Å². The van der Waals surface area contributed by atoms with Crippen LogP contribution < -0.4 is 0 Å². The molecule has 0 bridgehead atoms. The van der Waals surface area contributed by atoms with Crippen LogP contribution in [-0.4, -0.2) is 17.0 Å². The maximum absolute atomic E-state index is 12.2. The van der Waals surface area contributed by atoms with Crippen molar-refractivity contribution in [1.29, 1.82) is 0 Å². The van der Waals surface area contributed by atoms with Gasteiger partial charge < -0.3 is 5.11 Å². The molecule has 4 rings (SSSR count). The van der Waals surface area contributed by atoms with E-state index in [0.29, 0.717) is 23.0 Å². The van der Waals surface area contributed by atoms with E-state index in [-0.39, 0.29) is 11.5 Å². The highest BCUT2D eigenvalue weighted by Gasteiger charge is 2.61. The topological polar surface area (TPSA) is 37.3 Å². The van der Waals surface area contributed by atoms with E-state index in [1.165, 1.54) is 32.1 Å². The van der Waals surface area contributed by atoms with Gasteiger partial charge in [-0.15, -0.1) is 0 Å². The lowest BCUT2D eigenvalue weighted by molar-refractivity contribution is -0.151. The second-order valence-electron chi connectivity index (χ2n) is 10.4. The van der Waals surface area contributed by atoms with Crippen molar-refractivity contribution in [3.63, 3.8) is 0 Å². The molecule has 0 aromatic carbocycles. The molecule has 4 saturated carbocycles. The molecule has 0 unspecified atom stereocenters. The first kappa shape index (κ1) is 17.1. The summed E-state index contributed by atoms with van der Waals surface area (Å²) < 4.78 is 0. The van der Waals surface area contributed by atoms with Gasteiger partial charge in [0, 0.05) is 5.92 Å². The maximum Gasteiger partial charge on any atom is 0.133 e. The van der Waals surface area contributed by atoms with Crippen molar-refractivity contribution < 1.29 is 9.90 Å². The van der Waals surface area contributed by atoms with Crippen LogP contribution in [0.1, 0.15) is 79.1 Å². The normalized spacial score (nSPS) is 57.0. The van der Waals surface area contributed by atoms with E-state index in [1.807, 2.05) is 6.92 Å². The highest BCUT2D eigenvalue weighted by molar-refractivity contribution is 5.79. The van der Waals surface area contributed by atoms with Crippen molar-refractivity contribution in [3.8, 4) is 0 Å². The number of Topliss-reactive ketones (excluding diaryl/α,β-unsaturated/α-hetero) is 1. The standard InChI is InChI=1S/C22H36O2/c1-13-11-16-18-6-5-17(14(2)23)21(18,3)10-8-19(16)22(4)9-7-15(24)12-20(13)22/h13,15-20,24H,5-12H2,1-4H3/t13-,15+,16-,17+,18-,19-,20+,21+,22+/m0/s1. The molecule has 0 heterocycles. The predicted octanol–water partition coefficient (Wildman–Crippen LogP) is 4.84. The summed E-state index contributed by atoms with van der Waals surface area (Å²) in [6.45, 7) is 9.27. The Balaban J connectivity index is 1.65. The van der Waals surface area contributed by atoms with Crippen LogP contribution in [0, 0.1) is 46.3 Å². The van der Waals surface area contributed by atoms with E-state index in [0.717, 1.165) is 42.9 Å². The van der Waals surface area contributed by atoms with Gasteiger partial charge >= 0.3 is 0 Å². The van der Waals surface area contributed by atoms with Crippen LogP contribution in [0.3, 0.4) is 0 Å². The van der Waals surface area contributed by atoms with Gasteiger partial charge in [-0.1, -0.05) is 20.8 Å². The number of ketones is 1. The Morgan fingerprint density at radius 1 is 0.917 bits per heavy atom. The van der Waals surface area contributed by atoms with Crippen LogP contribution >= 0.6 is 0 Å². The van der Waals surface area contributed by atoms with Gasteiger partial charge in [0.2, 0.25) is 0 Å². The van der Waals surface area contributed by atoms with Gasteiger partial charge in [0.1, 0.15) is 5.78 Å². The summed E-state index contributed by atoms with van der Waals surface area (Å²) in [5, 5.41) is 10.2. The minimum atomic E-state index is -0.0653. The lowest BCUT2D eigenvalue weighted by atomic mass is 9.43. The number of hydrogen-bond acceptors (Lipinski definition) is 2. The molecular formula is C22H36O2. The fourth-order valence-corrected chi connectivity index (χ4v) is 8.38. The van der Waals surface area contributed by atoms with Gasteiger partial charge in [-0.25, -0.2) is 0 Å². The van der Waals surface area contributed by atoms with Crippen LogP contribution in [-0.2, 0) is 4.79 Å². The summed E-state index contributed by atoms with van der Waals surface area (Å²) in [7, 11) is 0. The summed E-state index contributed by atoms with van der Waals surface area (Å²) in [6.07, 6.45) is 9.49. The Labute approximate surface area is 147 Å². The highest BCUT2D eigenvalue weighted by Crippen LogP contribution is 2.68. The predicted molar refractivity (Wildman–Crippen MR) is 96.5 cm³/mol. The third-order valence-electron chi connectivity index (χ3n) is 9.50. The Bertz CT molecular complexity index is 528. The molecule has 1 N–H and O–H groups in total. The second kappa shape index (κ2) is 5.56. The van der Waals surface area contributed by atoms with Crippen LogP contribution in [0.5, 0.6) is 0 Å². The zero-order valence-corrected chi connectivity index (χ0v) is 16.1. The fourth-order valence-electron chi connectivity index (χ4n) is 8.38. The van der Waals surface area contributed by atoms with E-state index >= 15 is 0 Å². The molecule has 9 atom stereocenters. The van der Waals surface area contributed by atoms with Crippen LogP contribution in [0.2, 0.25) is 0 Å². The molecule has 0 aromatic heterocycles. The molecule has 0 amide bonds. The molecule has 0 aliphatic heterocycles. The minimum absolute atomic E-state index is 0.0653. The van der Waals surface area contributed by atoms with Gasteiger partial charge in [0.05, 0.1) is 6.10 Å². The van der Waals surface area contributed by atoms with Crippen molar-refractivity contribution in [3.05, 3.63) is 0 Å². The van der Waals surface area contributed by atoms with Crippen LogP contribution in [0.4, 0.5) is 0 Å². The van der Waals surface area contributed by atoms with E-state index in [2.05, 4.69) is 20.8 Å². The Morgan fingerprint density at radius 3 is 2.29 bits per heavy atom. The summed E-state index contributed by atoms with van der Waals surface area (Å²) in [5.41, 5.74) is 0.696. The molecular weight excluding hydrogens is 296 g/mol. The molecule has 0 aromatic rings. The zero-order chi connectivity index (χ0) is 17.3. The van der Waals surface area contributed by atoms with Gasteiger partial charge in [-0.3, -0.25) is 4.79 Å². The Hall–Kier alpha value is -0.370. The average Bonchev–Trinajstić information content (AvgIpc) is 2.87. The summed E-state index contributed by atoms with van der Waals surface area (Å²) in [5.74, 6) is 4.60. The third-order valence-corrected chi connectivity index (χ3v) is 9.50. The highest BCUT2D eigenvalue weighted by atomic mass is 16.3. The van der Waals surface area contributed by atoms with E-state index in [1.54, 1.807) is 0 Å². The molecule has 0 saturated heterocycles. The molecule has 4 aliphatic carbocycles. The molecule has 136 valence electrons. The monoisotopic (exact) mass is 332 g/mol. The number of carbonyl (C=O) groups excluding carboxylic acids is 1. The van der Waals surface area contributed by atoms with Gasteiger partial charge in [-0.2, -0.15) is 0 Å². The van der Waals surface area contributed by atoms with Crippen molar-refractivity contribution in [2.75, 3.05) is 0 Å². The largest absolute Gasteiger partial charge is 0.393 e. The van der Waals surface area contributed by atoms with Gasteiger partial charge in [0.15, 0.2) is 0 Å². The quantitative estimate of drug-likeness (QED) is 0.746. The average molecular weight is 333 g/mol. The first-order valence-electron chi connectivity index (χ1n) is 10.5. The van der Waals surface area contributed by atoms with Gasteiger partial charge in [-0.05, 0) is 98.7 Å². The van der Waals surface area contributed by atoms with E-state index < -0.39 is 0 Å². The SMILES string of the molecule is CC(=O)[C@H]1CC[C@H]2[C@@H]3C[C@H](C)[C@H]4C[C@H](O)CC[C@]4(C)[C@H]3CC[C@]12C. The maximum atomic E-state index is 12.2. The van der Waals surface area contributed by atoms with E-state index in [9.17, 15) is 9.90 Å². The van der Waals surface area contributed by atoms with Crippen molar-refractivity contribution >= 4 is 5.78 Å². The number of hydrogen-bond donors (Lipinski definition) is 1. The molecule has 24 heavy (non-hydrogen) atoms. The molecule has 4 aliphatic rings. The first-order chi connectivity index (χ1) is 11.3. The van der Waals surface area contributed by atoms with Crippen LogP contribution in [0.15, 0.2) is 0 Å². The van der Waals surface area contributed by atoms with Gasteiger partial charge in [0.25, 0.3) is 0 Å².